The fraction of sp³-hybridized carbons (Fsp3) is 0.417. The first-order valence-electron chi connectivity index (χ1n) is 10.5. The van der Waals surface area contributed by atoms with E-state index in [1.165, 1.54) is 11.1 Å². The number of hydrogen-bond donors (Lipinski definition) is 0. The highest BCUT2D eigenvalue weighted by atomic mass is 35.5. The van der Waals surface area contributed by atoms with Crippen molar-refractivity contribution < 1.29 is 8.42 Å². The van der Waals surface area contributed by atoms with Crippen LogP contribution in [0.5, 0.6) is 0 Å². The van der Waals surface area contributed by atoms with Crippen molar-refractivity contribution in [2.24, 2.45) is 0 Å². The van der Waals surface area contributed by atoms with Gasteiger partial charge in [-0.3, -0.25) is 4.90 Å². The van der Waals surface area contributed by atoms with Crippen LogP contribution in [-0.2, 0) is 10.0 Å². The Labute approximate surface area is 187 Å². The molecule has 0 spiro atoms. The van der Waals surface area contributed by atoms with Gasteiger partial charge in [0.15, 0.2) is 0 Å². The van der Waals surface area contributed by atoms with Crippen LogP contribution < -0.4 is 0 Å². The number of halogens is 1. The van der Waals surface area contributed by atoms with Gasteiger partial charge in [0.2, 0.25) is 10.0 Å². The van der Waals surface area contributed by atoms with Gasteiger partial charge in [-0.05, 0) is 61.4 Å². The van der Waals surface area contributed by atoms with E-state index in [4.69, 9.17) is 0 Å². The van der Waals surface area contributed by atoms with Gasteiger partial charge in [0.25, 0.3) is 0 Å². The van der Waals surface area contributed by atoms with Crippen molar-refractivity contribution >= 4 is 28.0 Å². The van der Waals surface area contributed by atoms with Crippen molar-refractivity contribution in [1.82, 2.24) is 9.21 Å². The Morgan fingerprint density at radius 1 is 1.03 bits per heavy atom. The van der Waals surface area contributed by atoms with Gasteiger partial charge in [-0.1, -0.05) is 48.5 Å². The molecule has 0 aromatic heterocycles. The summed E-state index contributed by atoms with van der Waals surface area (Å²) in [6, 6.07) is 18.3. The van der Waals surface area contributed by atoms with Gasteiger partial charge >= 0.3 is 0 Å². The molecule has 6 heteroatoms. The maximum atomic E-state index is 13.1. The molecule has 0 radical (unpaired) electrons. The molecule has 1 fully saturated rings. The minimum atomic E-state index is -3.44. The van der Waals surface area contributed by atoms with Crippen LogP contribution in [0.3, 0.4) is 0 Å². The van der Waals surface area contributed by atoms with E-state index in [-0.39, 0.29) is 18.4 Å². The van der Waals surface area contributed by atoms with Crippen molar-refractivity contribution in [1.29, 1.82) is 0 Å². The minimum Gasteiger partial charge on any atom is -0.296 e. The summed E-state index contributed by atoms with van der Waals surface area (Å²) < 4.78 is 27.7. The molecule has 0 bridgehead atoms. The summed E-state index contributed by atoms with van der Waals surface area (Å²) in [7, 11) is -1.70. The zero-order chi connectivity index (χ0) is 20.4. The molecule has 2 aliphatic rings. The van der Waals surface area contributed by atoms with Crippen LogP contribution >= 0.6 is 12.4 Å². The Morgan fingerprint density at radius 3 is 2.47 bits per heavy atom. The monoisotopic (exact) mass is 446 g/mol. The predicted octanol–water partition coefficient (Wildman–Crippen LogP) is 4.75. The van der Waals surface area contributed by atoms with E-state index in [0.29, 0.717) is 10.9 Å². The number of rotatable bonds is 5. The van der Waals surface area contributed by atoms with Gasteiger partial charge in [0.05, 0.1) is 4.90 Å². The van der Waals surface area contributed by atoms with Gasteiger partial charge in [-0.15, -0.1) is 12.4 Å². The van der Waals surface area contributed by atoms with Crippen LogP contribution in [0.15, 0.2) is 65.6 Å². The molecular formula is C24H31ClN2O2S. The Kier molecular flexibility index (Phi) is 7.40. The van der Waals surface area contributed by atoms with Crippen molar-refractivity contribution in [3.63, 3.8) is 0 Å². The second-order valence-electron chi connectivity index (χ2n) is 8.30. The Hall–Kier alpha value is -1.66. The zero-order valence-electron chi connectivity index (χ0n) is 17.7. The number of nitrogens with zero attached hydrogens (tertiary/aromatic N) is 2. The van der Waals surface area contributed by atoms with E-state index in [0.717, 1.165) is 44.3 Å². The van der Waals surface area contributed by atoms with Gasteiger partial charge in [0, 0.05) is 32.2 Å². The Morgan fingerprint density at radius 2 is 1.80 bits per heavy atom. The van der Waals surface area contributed by atoms with Crippen LogP contribution in [0.2, 0.25) is 0 Å². The topological polar surface area (TPSA) is 40.6 Å². The molecule has 4 nitrogen and oxygen atoms in total. The van der Waals surface area contributed by atoms with Crippen LogP contribution in [0, 0.1) is 6.92 Å². The molecule has 2 aromatic carbocycles. The van der Waals surface area contributed by atoms with Crippen molar-refractivity contribution in [2.75, 3.05) is 20.1 Å². The average Bonchev–Trinajstić information content (AvgIpc) is 3.24. The van der Waals surface area contributed by atoms with E-state index < -0.39 is 10.0 Å². The summed E-state index contributed by atoms with van der Waals surface area (Å²) in [5.41, 5.74) is 3.72. The second-order valence-corrected chi connectivity index (χ2v) is 10.3. The Bertz CT molecular complexity index is 991. The largest absolute Gasteiger partial charge is 0.296 e. The molecule has 1 aliphatic carbocycles. The van der Waals surface area contributed by atoms with E-state index in [9.17, 15) is 8.42 Å². The third-order valence-corrected chi connectivity index (χ3v) is 8.37. The fourth-order valence-electron chi connectivity index (χ4n) is 4.67. The van der Waals surface area contributed by atoms with Gasteiger partial charge in [0.1, 0.15) is 0 Å². The first-order chi connectivity index (χ1) is 13.9. The van der Waals surface area contributed by atoms with E-state index in [1.54, 1.807) is 23.5 Å². The molecule has 0 N–H and O–H groups in total. The summed E-state index contributed by atoms with van der Waals surface area (Å²) in [5, 5.41) is 0. The summed E-state index contributed by atoms with van der Waals surface area (Å²) >= 11 is 0. The molecule has 162 valence electrons. The van der Waals surface area contributed by atoms with Crippen molar-refractivity contribution in [2.45, 2.75) is 49.6 Å². The standard InChI is InChI=1S/C24H30N2O2S.ClH/c1-19-7-6-10-24(17-19)29(27,28)25(2)22-11-12-23(18-22)26-15-13-21(14-16-26)20-8-4-3-5-9-20;/h3-10,13,17,22-23H,11-12,14-16,18H2,1-2H3;1H/t22-,23+;/m1./s1. The predicted molar refractivity (Wildman–Crippen MR) is 125 cm³/mol. The molecule has 1 heterocycles. The Balaban J connectivity index is 0.00000256. The molecule has 0 amide bonds. The zero-order valence-corrected chi connectivity index (χ0v) is 19.3. The first kappa shape index (κ1) is 23.0. The number of aryl methyl sites for hydroxylation is 1. The maximum absolute atomic E-state index is 13.1. The summed E-state index contributed by atoms with van der Waals surface area (Å²) in [5.74, 6) is 0. The quantitative estimate of drug-likeness (QED) is 0.665. The van der Waals surface area contributed by atoms with Crippen LogP contribution in [0.1, 0.15) is 36.8 Å². The van der Waals surface area contributed by atoms with Gasteiger partial charge in [-0.2, -0.15) is 4.31 Å². The fourth-order valence-corrected chi connectivity index (χ4v) is 6.17. The van der Waals surface area contributed by atoms with Gasteiger partial charge in [-0.25, -0.2) is 8.42 Å². The third kappa shape index (κ3) is 4.80. The molecule has 0 unspecified atom stereocenters. The highest BCUT2D eigenvalue weighted by Gasteiger charge is 2.36. The lowest BCUT2D eigenvalue weighted by Gasteiger charge is -2.32. The molecule has 2 atom stereocenters. The highest BCUT2D eigenvalue weighted by Crippen LogP contribution is 2.33. The lowest BCUT2D eigenvalue weighted by Crippen LogP contribution is -2.40. The highest BCUT2D eigenvalue weighted by molar-refractivity contribution is 7.89. The molecule has 30 heavy (non-hydrogen) atoms. The van der Waals surface area contributed by atoms with Crippen molar-refractivity contribution in [3.05, 3.63) is 71.8 Å². The second kappa shape index (κ2) is 9.65. The first-order valence-corrected chi connectivity index (χ1v) is 11.9. The SMILES string of the molecule is Cc1cccc(S(=O)(=O)N(C)[C@@H]2CC[C@H](N3CC=C(c4ccccc4)CC3)C2)c1.Cl. The van der Waals surface area contributed by atoms with Crippen LogP contribution in [0.25, 0.3) is 5.57 Å². The number of hydrogen-bond acceptors (Lipinski definition) is 3. The lowest BCUT2D eigenvalue weighted by atomic mass is 9.98. The molecule has 1 aliphatic heterocycles. The van der Waals surface area contributed by atoms with Crippen LogP contribution in [-0.4, -0.2) is 49.8 Å². The van der Waals surface area contributed by atoms with Crippen molar-refractivity contribution in [3.8, 4) is 0 Å². The summed E-state index contributed by atoms with van der Waals surface area (Å²) in [4.78, 5) is 2.93. The van der Waals surface area contributed by atoms with E-state index in [1.807, 2.05) is 19.1 Å². The van der Waals surface area contributed by atoms with E-state index in [2.05, 4.69) is 41.3 Å². The summed E-state index contributed by atoms with van der Waals surface area (Å²) in [6.07, 6.45) is 6.31. The normalized spacial score (nSPS) is 22.6. The molecule has 1 saturated carbocycles. The minimum absolute atomic E-state index is 0. The summed E-state index contributed by atoms with van der Waals surface area (Å²) in [6.45, 7) is 3.93. The molecule has 0 saturated heterocycles. The average molecular weight is 447 g/mol. The van der Waals surface area contributed by atoms with E-state index >= 15 is 0 Å². The van der Waals surface area contributed by atoms with Crippen LogP contribution in [0.4, 0.5) is 0 Å². The molecule has 4 rings (SSSR count). The maximum Gasteiger partial charge on any atom is 0.243 e. The number of benzene rings is 2. The lowest BCUT2D eigenvalue weighted by molar-refractivity contribution is 0.211. The molecular weight excluding hydrogens is 416 g/mol. The van der Waals surface area contributed by atoms with Gasteiger partial charge < -0.3 is 0 Å². The molecule has 2 aromatic rings. The number of sulfonamides is 1. The smallest absolute Gasteiger partial charge is 0.243 e. The third-order valence-electron chi connectivity index (χ3n) is 6.46.